The smallest absolute Gasteiger partial charge is 0.335 e. The Balaban J connectivity index is 1.94. The van der Waals surface area contributed by atoms with Crippen molar-refractivity contribution in [3.8, 4) is 5.75 Å². The van der Waals surface area contributed by atoms with Crippen LogP contribution in [0.25, 0.3) is 0 Å². The first kappa shape index (κ1) is 20.5. The number of hydrogen-bond acceptors (Lipinski definition) is 5. The number of aromatic carboxylic acids is 1. The fraction of sp³-hybridized carbons (Fsp3) is 0.143. The quantitative estimate of drug-likeness (QED) is 0.610. The van der Waals surface area contributed by atoms with Crippen molar-refractivity contribution in [2.75, 3.05) is 7.11 Å². The highest BCUT2D eigenvalue weighted by molar-refractivity contribution is 7.89. The second-order valence-corrected chi connectivity index (χ2v) is 8.24. The molecule has 0 aliphatic heterocycles. The normalized spacial score (nSPS) is 11.4. The molecule has 0 saturated carbocycles. The number of aromatic nitrogens is 1. The fourth-order valence-electron chi connectivity index (χ4n) is 2.77. The molecule has 0 aliphatic rings. The molecule has 7 nitrogen and oxygen atoms in total. The highest BCUT2D eigenvalue weighted by atomic mass is 32.2. The van der Waals surface area contributed by atoms with Crippen molar-refractivity contribution in [2.45, 2.75) is 18.0 Å². The number of sulfonamides is 1. The van der Waals surface area contributed by atoms with E-state index in [0.29, 0.717) is 5.75 Å². The maximum absolute atomic E-state index is 13.3. The molecule has 0 unspecified atom stereocenters. The van der Waals surface area contributed by atoms with Gasteiger partial charge in [-0.2, -0.15) is 4.31 Å². The van der Waals surface area contributed by atoms with Gasteiger partial charge in [-0.05, 0) is 59.7 Å². The summed E-state index contributed by atoms with van der Waals surface area (Å²) in [4.78, 5) is 15.1. The average Bonchev–Trinajstić information content (AvgIpc) is 2.74. The summed E-state index contributed by atoms with van der Waals surface area (Å²) < 4.78 is 33.1. The fourth-order valence-corrected chi connectivity index (χ4v) is 4.19. The van der Waals surface area contributed by atoms with Crippen molar-refractivity contribution in [1.82, 2.24) is 9.29 Å². The van der Waals surface area contributed by atoms with E-state index in [4.69, 9.17) is 9.84 Å². The number of pyridine rings is 1. The van der Waals surface area contributed by atoms with Crippen molar-refractivity contribution in [2.24, 2.45) is 0 Å². The van der Waals surface area contributed by atoms with Crippen LogP contribution in [0.2, 0.25) is 0 Å². The van der Waals surface area contributed by atoms with E-state index in [1.54, 1.807) is 55.9 Å². The Labute approximate surface area is 169 Å². The van der Waals surface area contributed by atoms with E-state index >= 15 is 0 Å². The van der Waals surface area contributed by atoms with Gasteiger partial charge in [-0.1, -0.05) is 12.1 Å². The van der Waals surface area contributed by atoms with Crippen LogP contribution < -0.4 is 4.74 Å². The summed E-state index contributed by atoms with van der Waals surface area (Å²) in [5.74, 6) is -0.428. The zero-order chi connectivity index (χ0) is 20.9. The van der Waals surface area contributed by atoms with Crippen LogP contribution in [0, 0.1) is 0 Å². The molecule has 0 bridgehead atoms. The molecule has 1 heterocycles. The molecule has 2 aromatic carbocycles. The summed E-state index contributed by atoms with van der Waals surface area (Å²) in [5.41, 5.74) is 1.62. The van der Waals surface area contributed by atoms with E-state index in [1.807, 2.05) is 0 Å². The van der Waals surface area contributed by atoms with Crippen LogP contribution in [0.1, 0.15) is 21.5 Å². The predicted molar refractivity (Wildman–Crippen MR) is 107 cm³/mol. The van der Waals surface area contributed by atoms with Crippen LogP contribution in [0.15, 0.2) is 78.0 Å². The zero-order valence-corrected chi connectivity index (χ0v) is 16.5. The predicted octanol–water partition coefficient (Wildman–Crippen LogP) is 3.18. The third-order valence-corrected chi connectivity index (χ3v) is 6.17. The third-order valence-electron chi connectivity index (χ3n) is 4.37. The summed E-state index contributed by atoms with van der Waals surface area (Å²) >= 11 is 0. The largest absolute Gasteiger partial charge is 0.497 e. The minimum absolute atomic E-state index is 0.0276. The Hall–Kier alpha value is -3.23. The lowest BCUT2D eigenvalue weighted by atomic mass is 10.2. The molecule has 0 saturated heterocycles. The van der Waals surface area contributed by atoms with Crippen LogP contribution in [-0.4, -0.2) is 35.9 Å². The Morgan fingerprint density at radius 2 is 1.48 bits per heavy atom. The highest BCUT2D eigenvalue weighted by Gasteiger charge is 2.25. The molecule has 1 aromatic heterocycles. The molecular weight excluding hydrogens is 392 g/mol. The van der Waals surface area contributed by atoms with Gasteiger partial charge in [0.25, 0.3) is 0 Å². The third kappa shape index (κ3) is 4.98. The van der Waals surface area contributed by atoms with Gasteiger partial charge in [0.15, 0.2) is 0 Å². The zero-order valence-electron chi connectivity index (χ0n) is 15.7. The summed E-state index contributed by atoms with van der Waals surface area (Å²) in [5, 5.41) is 9.04. The Morgan fingerprint density at radius 1 is 0.931 bits per heavy atom. The molecule has 0 atom stereocenters. The number of hydrogen-bond donors (Lipinski definition) is 1. The van der Waals surface area contributed by atoms with Crippen LogP contribution in [0.5, 0.6) is 5.75 Å². The number of rotatable bonds is 8. The minimum Gasteiger partial charge on any atom is -0.497 e. The number of carbonyl (C=O) groups is 1. The van der Waals surface area contributed by atoms with Crippen molar-refractivity contribution in [3.05, 3.63) is 89.7 Å². The SMILES string of the molecule is COc1ccc(CN(Cc2ccncc2)S(=O)(=O)c2ccc(C(=O)O)cc2)cc1. The molecule has 29 heavy (non-hydrogen) atoms. The van der Waals surface area contributed by atoms with Crippen molar-refractivity contribution < 1.29 is 23.1 Å². The van der Waals surface area contributed by atoms with Crippen molar-refractivity contribution in [3.63, 3.8) is 0 Å². The van der Waals surface area contributed by atoms with Gasteiger partial charge in [0.2, 0.25) is 10.0 Å². The average molecular weight is 412 g/mol. The lowest BCUT2D eigenvalue weighted by Gasteiger charge is -2.23. The number of ether oxygens (including phenoxy) is 1. The molecule has 0 aliphatic carbocycles. The molecule has 0 amide bonds. The van der Waals surface area contributed by atoms with E-state index < -0.39 is 16.0 Å². The van der Waals surface area contributed by atoms with Gasteiger partial charge >= 0.3 is 5.97 Å². The highest BCUT2D eigenvalue weighted by Crippen LogP contribution is 2.22. The number of carboxylic acid groups (broad SMARTS) is 1. The van der Waals surface area contributed by atoms with Gasteiger partial charge in [-0.25, -0.2) is 13.2 Å². The molecular formula is C21H20N2O5S. The Bertz CT molecular complexity index is 1070. The topological polar surface area (TPSA) is 96.8 Å². The lowest BCUT2D eigenvalue weighted by molar-refractivity contribution is 0.0696. The number of benzene rings is 2. The molecule has 3 rings (SSSR count). The van der Waals surface area contributed by atoms with Crippen LogP contribution in [-0.2, 0) is 23.1 Å². The standard InChI is InChI=1S/C21H20N2O5S/c1-28-19-6-2-16(3-7-19)14-23(15-17-10-12-22-13-11-17)29(26,27)20-8-4-18(5-9-20)21(24)25/h2-13H,14-15H2,1H3,(H,24,25). The molecule has 1 N–H and O–H groups in total. The first-order chi connectivity index (χ1) is 13.9. The lowest BCUT2D eigenvalue weighted by Crippen LogP contribution is -2.30. The molecule has 150 valence electrons. The van der Waals surface area contributed by atoms with Gasteiger partial charge in [0.1, 0.15) is 5.75 Å². The molecule has 0 spiro atoms. The van der Waals surface area contributed by atoms with E-state index in [-0.39, 0.29) is 23.5 Å². The summed E-state index contributed by atoms with van der Waals surface area (Å²) in [6.07, 6.45) is 3.21. The minimum atomic E-state index is -3.87. The van der Waals surface area contributed by atoms with E-state index in [0.717, 1.165) is 11.1 Å². The second kappa shape index (κ2) is 8.85. The van der Waals surface area contributed by atoms with Crippen molar-refractivity contribution in [1.29, 1.82) is 0 Å². The number of nitrogens with zero attached hydrogens (tertiary/aromatic N) is 2. The van der Waals surface area contributed by atoms with Crippen LogP contribution in [0.4, 0.5) is 0 Å². The molecule has 3 aromatic rings. The van der Waals surface area contributed by atoms with Gasteiger partial charge in [0.05, 0.1) is 17.6 Å². The summed E-state index contributed by atoms with van der Waals surface area (Å²) in [6.45, 7) is 0.299. The Kier molecular flexibility index (Phi) is 6.26. The van der Waals surface area contributed by atoms with Gasteiger partial charge in [0, 0.05) is 25.5 Å². The number of methoxy groups -OCH3 is 1. The van der Waals surface area contributed by atoms with Gasteiger partial charge in [-0.15, -0.1) is 0 Å². The monoisotopic (exact) mass is 412 g/mol. The number of carboxylic acids is 1. The maximum Gasteiger partial charge on any atom is 0.335 e. The van der Waals surface area contributed by atoms with E-state index in [2.05, 4.69) is 4.98 Å². The molecule has 0 radical (unpaired) electrons. The van der Waals surface area contributed by atoms with E-state index in [9.17, 15) is 13.2 Å². The Morgan fingerprint density at radius 3 is 2.00 bits per heavy atom. The second-order valence-electron chi connectivity index (χ2n) is 6.31. The molecule has 0 fully saturated rings. The summed E-state index contributed by atoms with van der Waals surface area (Å²) in [7, 11) is -2.30. The van der Waals surface area contributed by atoms with E-state index in [1.165, 1.54) is 28.6 Å². The van der Waals surface area contributed by atoms with Crippen LogP contribution >= 0.6 is 0 Å². The van der Waals surface area contributed by atoms with Crippen molar-refractivity contribution >= 4 is 16.0 Å². The first-order valence-electron chi connectivity index (χ1n) is 8.75. The van der Waals surface area contributed by atoms with Gasteiger partial charge in [-0.3, -0.25) is 4.98 Å². The maximum atomic E-state index is 13.3. The molecule has 8 heteroatoms. The van der Waals surface area contributed by atoms with Gasteiger partial charge < -0.3 is 9.84 Å². The first-order valence-corrected chi connectivity index (χ1v) is 10.2. The van der Waals surface area contributed by atoms with Crippen LogP contribution in [0.3, 0.4) is 0 Å². The summed E-state index contributed by atoms with van der Waals surface area (Å²) in [6, 6.07) is 15.9.